The first-order valence-electron chi connectivity index (χ1n) is 7.08. The van der Waals surface area contributed by atoms with Crippen LogP contribution in [-0.4, -0.2) is 37.4 Å². The standard InChI is InChI=1S/C16H15N3O4/c1-3-23-16(22)11-9(2)18-19-13(11)17-14(20)12(15(19)21)10-7-5-4-6-8-10/h4-8,21H,3H2,1-2H3,(H,17,20). The second-order valence-corrected chi connectivity index (χ2v) is 4.92. The lowest BCUT2D eigenvalue weighted by Gasteiger charge is -2.08. The number of ether oxygens (including phenoxy) is 1. The number of aromatic hydroxyl groups is 2. The Balaban J connectivity index is 2.28. The molecule has 0 fully saturated rings. The third kappa shape index (κ3) is 2.36. The van der Waals surface area contributed by atoms with Crippen molar-refractivity contribution in [2.45, 2.75) is 13.8 Å². The normalized spacial score (nSPS) is 10.9. The van der Waals surface area contributed by atoms with Gasteiger partial charge in [-0.3, -0.25) is 0 Å². The maximum absolute atomic E-state index is 12.0. The molecule has 0 saturated heterocycles. The van der Waals surface area contributed by atoms with Crippen molar-refractivity contribution in [1.82, 2.24) is 14.6 Å². The molecule has 1 aromatic carbocycles. The highest BCUT2D eigenvalue weighted by Gasteiger charge is 2.25. The average molecular weight is 313 g/mol. The molecule has 2 heterocycles. The van der Waals surface area contributed by atoms with Crippen LogP contribution in [0.15, 0.2) is 30.3 Å². The average Bonchev–Trinajstić information content (AvgIpc) is 2.85. The lowest BCUT2D eigenvalue weighted by molar-refractivity contribution is 0.0527. The van der Waals surface area contributed by atoms with Crippen LogP contribution in [-0.2, 0) is 4.74 Å². The molecule has 0 aliphatic heterocycles. The van der Waals surface area contributed by atoms with Crippen LogP contribution < -0.4 is 0 Å². The molecular weight excluding hydrogens is 298 g/mol. The fraction of sp³-hybridized carbons (Fsp3) is 0.188. The molecule has 0 saturated carbocycles. The van der Waals surface area contributed by atoms with Gasteiger partial charge >= 0.3 is 5.97 Å². The smallest absolute Gasteiger partial charge is 0.343 e. The number of nitrogens with zero attached hydrogens (tertiary/aromatic N) is 3. The molecule has 7 heteroatoms. The van der Waals surface area contributed by atoms with Gasteiger partial charge in [0.05, 0.1) is 12.3 Å². The number of carbonyl (C=O) groups excluding carboxylic acids is 1. The summed E-state index contributed by atoms with van der Waals surface area (Å²) in [5.74, 6) is -1.28. The van der Waals surface area contributed by atoms with E-state index in [-0.39, 0.29) is 35.1 Å². The Morgan fingerprint density at radius 3 is 2.61 bits per heavy atom. The minimum atomic E-state index is -0.598. The number of hydrogen-bond acceptors (Lipinski definition) is 6. The Morgan fingerprint density at radius 1 is 1.26 bits per heavy atom. The third-order valence-corrected chi connectivity index (χ3v) is 3.44. The number of hydrogen-bond donors (Lipinski definition) is 2. The fourth-order valence-corrected chi connectivity index (χ4v) is 2.43. The van der Waals surface area contributed by atoms with Crippen LogP contribution >= 0.6 is 0 Å². The highest BCUT2D eigenvalue weighted by Crippen LogP contribution is 2.37. The van der Waals surface area contributed by atoms with Crippen molar-refractivity contribution in [3.05, 3.63) is 41.6 Å². The highest BCUT2D eigenvalue weighted by atomic mass is 16.5. The van der Waals surface area contributed by atoms with Gasteiger partial charge in [-0.15, -0.1) is 0 Å². The summed E-state index contributed by atoms with van der Waals surface area (Å²) >= 11 is 0. The molecule has 0 aliphatic rings. The van der Waals surface area contributed by atoms with Gasteiger partial charge in [-0.1, -0.05) is 30.3 Å². The number of carbonyl (C=O) groups is 1. The number of fused-ring (bicyclic) bond motifs is 1. The Bertz CT molecular complexity index is 887. The minimum Gasteiger partial charge on any atom is -0.493 e. The zero-order valence-corrected chi connectivity index (χ0v) is 12.6. The summed E-state index contributed by atoms with van der Waals surface area (Å²) < 4.78 is 6.10. The van der Waals surface area contributed by atoms with E-state index in [1.807, 2.05) is 6.07 Å². The number of esters is 1. The number of aromatic nitrogens is 3. The predicted molar refractivity (Wildman–Crippen MR) is 82.4 cm³/mol. The fourth-order valence-electron chi connectivity index (χ4n) is 2.43. The minimum absolute atomic E-state index is 0.0515. The van der Waals surface area contributed by atoms with Gasteiger partial charge in [-0.25, -0.2) is 4.79 Å². The molecule has 2 aromatic heterocycles. The topological polar surface area (TPSA) is 97.0 Å². The van der Waals surface area contributed by atoms with Gasteiger partial charge in [0.25, 0.3) is 0 Å². The van der Waals surface area contributed by atoms with Crippen molar-refractivity contribution < 1.29 is 19.7 Å². The highest BCUT2D eigenvalue weighted by molar-refractivity contribution is 5.97. The van der Waals surface area contributed by atoms with E-state index in [1.165, 1.54) is 0 Å². The van der Waals surface area contributed by atoms with Crippen molar-refractivity contribution in [2.75, 3.05) is 6.61 Å². The van der Waals surface area contributed by atoms with E-state index in [4.69, 9.17) is 4.74 Å². The monoisotopic (exact) mass is 313 g/mol. The zero-order valence-electron chi connectivity index (χ0n) is 12.6. The van der Waals surface area contributed by atoms with Crippen molar-refractivity contribution in [1.29, 1.82) is 0 Å². The molecule has 23 heavy (non-hydrogen) atoms. The van der Waals surface area contributed by atoms with Crippen LogP contribution in [0.4, 0.5) is 0 Å². The molecule has 0 unspecified atom stereocenters. The Labute approximate surface area is 131 Å². The molecule has 0 atom stereocenters. The maximum Gasteiger partial charge on any atom is 0.343 e. The quantitative estimate of drug-likeness (QED) is 0.720. The summed E-state index contributed by atoms with van der Waals surface area (Å²) in [4.78, 5) is 16.1. The molecule has 7 nitrogen and oxygen atoms in total. The van der Waals surface area contributed by atoms with Crippen LogP contribution in [0, 0.1) is 6.92 Å². The van der Waals surface area contributed by atoms with Crippen molar-refractivity contribution in [3.63, 3.8) is 0 Å². The number of rotatable bonds is 3. The second-order valence-electron chi connectivity index (χ2n) is 4.92. The molecular formula is C16H15N3O4. The Kier molecular flexibility index (Phi) is 3.61. The van der Waals surface area contributed by atoms with Gasteiger partial charge < -0.3 is 14.9 Å². The summed E-state index contributed by atoms with van der Waals surface area (Å²) in [5, 5.41) is 24.8. The van der Waals surface area contributed by atoms with E-state index in [9.17, 15) is 15.0 Å². The molecule has 118 valence electrons. The van der Waals surface area contributed by atoms with E-state index in [0.29, 0.717) is 11.3 Å². The van der Waals surface area contributed by atoms with E-state index >= 15 is 0 Å². The summed E-state index contributed by atoms with van der Waals surface area (Å²) in [7, 11) is 0. The lowest BCUT2D eigenvalue weighted by Crippen LogP contribution is -2.06. The Hall–Kier alpha value is -3.09. The summed E-state index contributed by atoms with van der Waals surface area (Å²) in [6.45, 7) is 3.50. The molecule has 0 spiro atoms. The van der Waals surface area contributed by atoms with Gasteiger partial charge in [0.2, 0.25) is 11.8 Å². The molecule has 0 radical (unpaired) electrons. The summed E-state index contributed by atoms with van der Waals surface area (Å²) in [5.41, 5.74) is 1.27. The predicted octanol–water partition coefficient (Wildman–Crippen LogP) is 2.29. The lowest BCUT2D eigenvalue weighted by atomic mass is 10.1. The second kappa shape index (κ2) is 5.60. The van der Waals surface area contributed by atoms with Gasteiger partial charge in [0.1, 0.15) is 11.1 Å². The molecule has 2 N–H and O–H groups in total. The van der Waals surface area contributed by atoms with E-state index < -0.39 is 5.97 Å². The van der Waals surface area contributed by atoms with Gasteiger partial charge in [-0.05, 0) is 19.4 Å². The van der Waals surface area contributed by atoms with Gasteiger partial charge in [-0.2, -0.15) is 14.6 Å². The van der Waals surface area contributed by atoms with Crippen LogP contribution in [0.25, 0.3) is 16.8 Å². The molecule has 0 bridgehead atoms. The molecule has 3 aromatic rings. The van der Waals surface area contributed by atoms with Crippen LogP contribution in [0.3, 0.4) is 0 Å². The SMILES string of the molecule is CCOC(=O)c1c(C)nn2c(O)c(-c3ccccc3)c(O)nc12. The first kappa shape index (κ1) is 14.8. The largest absolute Gasteiger partial charge is 0.493 e. The first-order chi connectivity index (χ1) is 11.0. The molecule has 3 rings (SSSR count). The maximum atomic E-state index is 12.0. The Morgan fingerprint density at radius 2 is 1.96 bits per heavy atom. The van der Waals surface area contributed by atoms with E-state index in [0.717, 1.165) is 4.52 Å². The van der Waals surface area contributed by atoms with Crippen molar-refractivity contribution >= 4 is 11.6 Å². The summed E-state index contributed by atoms with van der Waals surface area (Å²) in [6, 6.07) is 8.82. The molecule has 0 amide bonds. The third-order valence-electron chi connectivity index (χ3n) is 3.44. The van der Waals surface area contributed by atoms with Gasteiger partial charge in [0.15, 0.2) is 5.65 Å². The van der Waals surface area contributed by atoms with Gasteiger partial charge in [0, 0.05) is 0 Å². The molecule has 0 aliphatic carbocycles. The van der Waals surface area contributed by atoms with Crippen LogP contribution in [0.5, 0.6) is 11.8 Å². The number of aryl methyl sites for hydroxylation is 1. The van der Waals surface area contributed by atoms with Crippen LogP contribution in [0.1, 0.15) is 23.0 Å². The zero-order chi connectivity index (χ0) is 16.6. The van der Waals surface area contributed by atoms with Crippen LogP contribution in [0.2, 0.25) is 0 Å². The number of benzene rings is 1. The van der Waals surface area contributed by atoms with Crippen molar-refractivity contribution in [3.8, 4) is 22.9 Å². The van der Waals surface area contributed by atoms with Crippen molar-refractivity contribution in [2.24, 2.45) is 0 Å². The van der Waals surface area contributed by atoms with E-state index in [1.54, 1.807) is 38.1 Å². The first-order valence-corrected chi connectivity index (χ1v) is 7.08. The van der Waals surface area contributed by atoms with E-state index in [2.05, 4.69) is 10.1 Å². The summed E-state index contributed by atoms with van der Waals surface area (Å²) in [6.07, 6.45) is 0.